The van der Waals surface area contributed by atoms with Gasteiger partial charge in [-0.2, -0.15) is 0 Å². The number of allylic oxidation sites excluding steroid dienone is 1. The molecular weight excluding hydrogens is 150 g/mol. The molecule has 2 heteroatoms. The molecule has 1 aromatic rings. The Morgan fingerprint density at radius 1 is 1.42 bits per heavy atom. The second-order valence-electron chi connectivity index (χ2n) is 2.70. The van der Waals surface area contributed by atoms with Gasteiger partial charge in [-0.1, -0.05) is 18.2 Å². The summed E-state index contributed by atoms with van der Waals surface area (Å²) in [5.74, 6) is 0.931. The van der Waals surface area contributed by atoms with Crippen LogP contribution < -0.4 is 10.1 Å². The van der Waals surface area contributed by atoms with Gasteiger partial charge in [0.15, 0.2) is 6.23 Å². The molecule has 1 aliphatic rings. The van der Waals surface area contributed by atoms with Gasteiger partial charge in [0.25, 0.3) is 0 Å². The van der Waals surface area contributed by atoms with Crippen molar-refractivity contribution in [1.82, 2.24) is 0 Å². The molecule has 0 amide bonds. The van der Waals surface area contributed by atoms with Crippen molar-refractivity contribution in [2.75, 3.05) is 5.32 Å². The smallest absolute Gasteiger partial charge is 0.189 e. The van der Waals surface area contributed by atoms with Crippen LogP contribution in [0.25, 0.3) is 0 Å². The van der Waals surface area contributed by atoms with Crippen LogP contribution in [0.15, 0.2) is 36.4 Å². The van der Waals surface area contributed by atoms with Crippen LogP contribution in [-0.2, 0) is 0 Å². The molecular formula is C10H11NO. The number of para-hydroxylation sites is 2. The molecule has 0 fully saturated rings. The lowest BCUT2D eigenvalue weighted by atomic mass is 10.3. The monoisotopic (exact) mass is 161 g/mol. The molecule has 1 heterocycles. The van der Waals surface area contributed by atoms with Crippen LogP contribution in [0.5, 0.6) is 5.75 Å². The minimum absolute atomic E-state index is 0.00685. The van der Waals surface area contributed by atoms with Crippen LogP contribution in [0.4, 0.5) is 5.69 Å². The minimum Gasteiger partial charge on any atom is -0.465 e. The highest BCUT2D eigenvalue weighted by atomic mass is 16.5. The Kier molecular flexibility index (Phi) is 1.74. The first-order valence-electron chi connectivity index (χ1n) is 4.05. The van der Waals surface area contributed by atoms with E-state index in [2.05, 4.69) is 5.32 Å². The highest BCUT2D eigenvalue weighted by Crippen LogP contribution is 2.31. The molecule has 12 heavy (non-hydrogen) atoms. The number of benzene rings is 1. The zero-order valence-corrected chi connectivity index (χ0v) is 6.95. The molecule has 0 bridgehead atoms. The van der Waals surface area contributed by atoms with Gasteiger partial charge < -0.3 is 10.1 Å². The Hall–Kier alpha value is -1.44. The molecule has 1 atom stereocenters. The van der Waals surface area contributed by atoms with Gasteiger partial charge in [0.2, 0.25) is 0 Å². The predicted molar refractivity (Wildman–Crippen MR) is 49.3 cm³/mol. The molecule has 0 radical (unpaired) electrons. The fraction of sp³-hybridized carbons (Fsp3) is 0.200. The number of ether oxygens (including phenoxy) is 1. The van der Waals surface area contributed by atoms with E-state index < -0.39 is 0 Å². The minimum atomic E-state index is 0.00685. The van der Waals surface area contributed by atoms with Crippen molar-refractivity contribution < 1.29 is 4.74 Å². The summed E-state index contributed by atoms with van der Waals surface area (Å²) in [4.78, 5) is 0. The summed E-state index contributed by atoms with van der Waals surface area (Å²) < 4.78 is 5.55. The third-order valence-electron chi connectivity index (χ3n) is 1.81. The average molecular weight is 161 g/mol. The van der Waals surface area contributed by atoms with Crippen LogP contribution in [0, 0.1) is 0 Å². The number of rotatable bonds is 1. The third-order valence-corrected chi connectivity index (χ3v) is 1.81. The highest BCUT2D eigenvalue weighted by Gasteiger charge is 2.17. The largest absolute Gasteiger partial charge is 0.465 e. The first-order chi connectivity index (χ1) is 5.90. The number of anilines is 1. The van der Waals surface area contributed by atoms with E-state index >= 15 is 0 Å². The molecule has 1 aliphatic heterocycles. The van der Waals surface area contributed by atoms with Gasteiger partial charge in [0.1, 0.15) is 5.75 Å². The topological polar surface area (TPSA) is 21.3 Å². The van der Waals surface area contributed by atoms with Crippen molar-refractivity contribution >= 4 is 5.69 Å². The Labute approximate surface area is 71.9 Å². The molecule has 2 nitrogen and oxygen atoms in total. The van der Waals surface area contributed by atoms with Gasteiger partial charge in [-0.05, 0) is 25.1 Å². The van der Waals surface area contributed by atoms with Crippen LogP contribution >= 0.6 is 0 Å². The van der Waals surface area contributed by atoms with Crippen LogP contribution in [-0.4, -0.2) is 6.23 Å². The molecule has 1 N–H and O–H groups in total. The van der Waals surface area contributed by atoms with E-state index in [9.17, 15) is 0 Å². The molecule has 2 rings (SSSR count). The van der Waals surface area contributed by atoms with E-state index in [-0.39, 0.29) is 6.23 Å². The second kappa shape index (κ2) is 2.89. The normalized spacial score (nSPS) is 20.2. The van der Waals surface area contributed by atoms with Crippen molar-refractivity contribution in [3.63, 3.8) is 0 Å². The summed E-state index contributed by atoms with van der Waals surface area (Å²) >= 11 is 0. The fourth-order valence-corrected chi connectivity index (χ4v) is 1.27. The summed E-state index contributed by atoms with van der Waals surface area (Å²) in [5, 5.41) is 3.23. The lowest BCUT2D eigenvalue weighted by molar-refractivity contribution is 0.302. The summed E-state index contributed by atoms with van der Waals surface area (Å²) in [6.45, 7) is 1.98. The maximum absolute atomic E-state index is 5.55. The second-order valence-corrected chi connectivity index (χ2v) is 2.70. The van der Waals surface area contributed by atoms with Gasteiger partial charge in [-0.15, -0.1) is 0 Å². The molecule has 62 valence electrons. The SMILES string of the molecule is C/C=C/C1Nc2ccccc2O1. The van der Waals surface area contributed by atoms with Gasteiger partial charge in [-0.25, -0.2) is 0 Å². The van der Waals surface area contributed by atoms with Crippen LogP contribution in [0.3, 0.4) is 0 Å². The summed E-state index contributed by atoms with van der Waals surface area (Å²) in [5.41, 5.74) is 1.07. The molecule has 0 saturated carbocycles. The van der Waals surface area contributed by atoms with Crippen molar-refractivity contribution in [3.8, 4) is 5.75 Å². The van der Waals surface area contributed by atoms with Crippen molar-refractivity contribution in [2.45, 2.75) is 13.2 Å². The molecule has 0 aromatic heterocycles. The summed E-state index contributed by atoms with van der Waals surface area (Å²) in [7, 11) is 0. The highest BCUT2D eigenvalue weighted by molar-refractivity contribution is 5.60. The fourth-order valence-electron chi connectivity index (χ4n) is 1.27. The molecule has 0 spiro atoms. The zero-order valence-electron chi connectivity index (χ0n) is 6.95. The van der Waals surface area contributed by atoms with Crippen LogP contribution in [0.2, 0.25) is 0 Å². The van der Waals surface area contributed by atoms with E-state index in [4.69, 9.17) is 4.74 Å². The summed E-state index contributed by atoms with van der Waals surface area (Å²) in [6, 6.07) is 7.94. The predicted octanol–water partition coefficient (Wildman–Crippen LogP) is 2.39. The Morgan fingerprint density at radius 3 is 3.00 bits per heavy atom. The first kappa shape index (κ1) is 7.22. The number of nitrogens with one attached hydrogen (secondary N) is 1. The zero-order chi connectivity index (χ0) is 8.39. The molecule has 0 saturated heterocycles. The van der Waals surface area contributed by atoms with Gasteiger partial charge >= 0.3 is 0 Å². The Balaban J connectivity index is 2.22. The van der Waals surface area contributed by atoms with Crippen molar-refractivity contribution in [1.29, 1.82) is 0 Å². The van der Waals surface area contributed by atoms with E-state index in [0.717, 1.165) is 11.4 Å². The van der Waals surface area contributed by atoms with E-state index in [0.29, 0.717) is 0 Å². The van der Waals surface area contributed by atoms with E-state index in [1.165, 1.54) is 0 Å². The van der Waals surface area contributed by atoms with Crippen LogP contribution in [0.1, 0.15) is 6.92 Å². The Morgan fingerprint density at radius 2 is 2.25 bits per heavy atom. The van der Waals surface area contributed by atoms with Gasteiger partial charge in [0, 0.05) is 0 Å². The Bertz CT molecular complexity index is 281. The lowest BCUT2D eigenvalue weighted by Crippen LogP contribution is -2.16. The summed E-state index contributed by atoms with van der Waals surface area (Å²) in [6.07, 6.45) is 3.97. The quantitative estimate of drug-likeness (QED) is 0.638. The third kappa shape index (κ3) is 1.16. The van der Waals surface area contributed by atoms with E-state index in [1.54, 1.807) is 0 Å². The number of hydrogen-bond acceptors (Lipinski definition) is 2. The number of fused-ring (bicyclic) bond motifs is 1. The molecule has 1 unspecified atom stereocenters. The molecule has 1 aromatic carbocycles. The van der Waals surface area contributed by atoms with Gasteiger partial charge in [0.05, 0.1) is 5.69 Å². The average Bonchev–Trinajstić information content (AvgIpc) is 2.47. The number of hydrogen-bond donors (Lipinski definition) is 1. The standard InChI is InChI=1S/C10H11NO/c1-2-5-10-11-8-6-3-4-7-9(8)12-10/h2-7,10-11H,1H3/b5-2+. The molecule has 0 aliphatic carbocycles. The maximum atomic E-state index is 5.55. The first-order valence-corrected chi connectivity index (χ1v) is 4.05. The maximum Gasteiger partial charge on any atom is 0.189 e. The van der Waals surface area contributed by atoms with Crippen molar-refractivity contribution in [2.24, 2.45) is 0 Å². The van der Waals surface area contributed by atoms with Crippen molar-refractivity contribution in [3.05, 3.63) is 36.4 Å². The van der Waals surface area contributed by atoms with E-state index in [1.807, 2.05) is 43.3 Å². The lowest BCUT2D eigenvalue weighted by Gasteiger charge is -2.03. The van der Waals surface area contributed by atoms with Gasteiger partial charge in [-0.3, -0.25) is 0 Å².